The normalized spacial score (nSPS) is 11.2. The maximum atomic E-state index is 12.2. The van der Waals surface area contributed by atoms with Crippen LogP contribution in [0.15, 0.2) is 108 Å². The fourth-order valence-corrected chi connectivity index (χ4v) is 3.73. The highest BCUT2D eigenvalue weighted by molar-refractivity contribution is 5.89. The van der Waals surface area contributed by atoms with E-state index >= 15 is 0 Å². The first-order chi connectivity index (χ1) is 15.8. The maximum Gasteiger partial charge on any atom is 0.277 e. The lowest BCUT2D eigenvalue weighted by Crippen LogP contribution is -2.24. The van der Waals surface area contributed by atoms with E-state index in [0.717, 1.165) is 22.2 Å². The zero-order chi connectivity index (χ0) is 21.8. The average molecular weight is 419 g/mol. The minimum absolute atomic E-state index is 0.114. The molecule has 5 rings (SSSR count). The first kappa shape index (κ1) is 19.6. The van der Waals surface area contributed by atoms with Crippen molar-refractivity contribution in [2.75, 3.05) is 6.61 Å². The number of rotatable bonds is 6. The van der Waals surface area contributed by atoms with Gasteiger partial charge in [0.05, 0.1) is 11.9 Å². The van der Waals surface area contributed by atoms with E-state index in [1.54, 1.807) is 6.21 Å². The van der Waals surface area contributed by atoms with Gasteiger partial charge in [-0.05, 0) is 46.5 Å². The Kier molecular flexibility index (Phi) is 5.37. The van der Waals surface area contributed by atoms with Crippen LogP contribution in [0.1, 0.15) is 5.69 Å². The number of benzene rings is 4. The van der Waals surface area contributed by atoms with E-state index in [0.29, 0.717) is 5.75 Å². The fourth-order valence-electron chi connectivity index (χ4n) is 3.73. The fraction of sp³-hybridized carbons (Fsp3) is 0.0370. The Bertz CT molecular complexity index is 1430. The van der Waals surface area contributed by atoms with E-state index in [2.05, 4.69) is 40.9 Å². The van der Waals surface area contributed by atoms with Gasteiger partial charge in [0.1, 0.15) is 5.75 Å². The Morgan fingerprint density at radius 3 is 2.53 bits per heavy atom. The molecule has 0 saturated carbocycles. The number of fused-ring (bicyclic) bond motifs is 2. The number of nitrogens with one attached hydrogen (secondary N) is 1. The molecule has 0 bridgehead atoms. The van der Waals surface area contributed by atoms with Crippen LogP contribution < -0.4 is 10.2 Å². The highest BCUT2D eigenvalue weighted by Crippen LogP contribution is 2.25. The maximum absolute atomic E-state index is 12.2. The van der Waals surface area contributed by atoms with Crippen LogP contribution in [0.3, 0.4) is 0 Å². The third-order valence-corrected chi connectivity index (χ3v) is 5.29. The summed E-state index contributed by atoms with van der Waals surface area (Å²) in [7, 11) is 0. The molecular weight excluding hydrogens is 398 g/mol. The number of carbonyl (C=O) groups excluding carboxylic acids is 1. The number of nitrogens with zero attached hydrogens (tertiary/aromatic N) is 2. The van der Waals surface area contributed by atoms with E-state index in [1.165, 1.54) is 10.8 Å². The molecular formula is C27H21N3O2. The minimum Gasteiger partial charge on any atom is -0.483 e. The molecule has 5 nitrogen and oxygen atoms in total. The molecule has 0 saturated heterocycles. The van der Waals surface area contributed by atoms with Crippen molar-refractivity contribution < 1.29 is 9.53 Å². The summed E-state index contributed by atoms with van der Waals surface area (Å²) in [5, 5.41) is 8.51. The first-order valence-corrected chi connectivity index (χ1v) is 10.4. The molecule has 4 aromatic carbocycles. The third-order valence-electron chi connectivity index (χ3n) is 5.29. The van der Waals surface area contributed by atoms with E-state index in [9.17, 15) is 4.79 Å². The molecule has 0 atom stereocenters. The minimum atomic E-state index is -0.321. The lowest BCUT2D eigenvalue weighted by Gasteiger charge is -2.09. The zero-order valence-corrected chi connectivity index (χ0v) is 17.3. The third kappa shape index (κ3) is 4.09. The van der Waals surface area contributed by atoms with Gasteiger partial charge in [-0.1, -0.05) is 66.7 Å². The second-order valence-corrected chi connectivity index (χ2v) is 7.39. The number of aromatic nitrogens is 1. The molecule has 1 aromatic heterocycles. The largest absolute Gasteiger partial charge is 0.483 e. The van der Waals surface area contributed by atoms with E-state index in [4.69, 9.17) is 4.74 Å². The zero-order valence-electron chi connectivity index (χ0n) is 17.3. The molecule has 1 N–H and O–H groups in total. The lowest BCUT2D eigenvalue weighted by molar-refractivity contribution is -0.123. The Morgan fingerprint density at radius 2 is 1.62 bits per heavy atom. The smallest absolute Gasteiger partial charge is 0.277 e. The summed E-state index contributed by atoms with van der Waals surface area (Å²) in [6.07, 6.45) is 3.60. The molecule has 0 fully saturated rings. The summed E-state index contributed by atoms with van der Waals surface area (Å²) in [6.45, 7) is -0.114. The van der Waals surface area contributed by atoms with Crippen LogP contribution >= 0.6 is 0 Å². The highest BCUT2D eigenvalue weighted by Gasteiger charge is 2.06. The molecule has 5 aromatic rings. The van der Waals surface area contributed by atoms with Crippen molar-refractivity contribution in [1.82, 2.24) is 9.99 Å². The average Bonchev–Trinajstić information content (AvgIpc) is 3.31. The Hall–Kier alpha value is -4.38. The molecule has 5 heteroatoms. The van der Waals surface area contributed by atoms with Gasteiger partial charge in [-0.15, -0.1) is 0 Å². The summed E-state index contributed by atoms with van der Waals surface area (Å²) >= 11 is 0. The number of carbonyl (C=O) groups is 1. The van der Waals surface area contributed by atoms with Crippen molar-refractivity contribution in [3.05, 3.63) is 109 Å². The SMILES string of the molecule is O=C(COc1cccc2ccccc12)N/N=C\c1cccn1-c1ccc2ccccc2c1. The second-order valence-electron chi connectivity index (χ2n) is 7.39. The van der Waals surface area contributed by atoms with Crippen LogP contribution in [-0.2, 0) is 4.79 Å². The first-order valence-electron chi connectivity index (χ1n) is 10.4. The molecule has 156 valence electrons. The summed E-state index contributed by atoms with van der Waals surface area (Å²) in [4.78, 5) is 12.2. The van der Waals surface area contributed by atoms with E-state index in [1.807, 2.05) is 77.5 Å². The summed E-state index contributed by atoms with van der Waals surface area (Å²) in [5.74, 6) is 0.352. The van der Waals surface area contributed by atoms with Crippen LogP contribution in [-0.4, -0.2) is 23.3 Å². The molecule has 1 heterocycles. The van der Waals surface area contributed by atoms with Gasteiger partial charge in [-0.3, -0.25) is 4.79 Å². The number of ether oxygens (including phenoxy) is 1. The van der Waals surface area contributed by atoms with Crippen molar-refractivity contribution in [2.24, 2.45) is 5.10 Å². The topological polar surface area (TPSA) is 55.6 Å². The van der Waals surface area contributed by atoms with Crippen LogP contribution in [0, 0.1) is 0 Å². The van der Waals surface area contributed by atoms with Crippen LogP contribution in [0.5, 0.6) is 5.75 Å². The Morgan fingerprint density at radius 1 is 0.844 bits per heavy atom. The number of hydrogen-bond donors (Lipinski definition) is 1. The van der Waals surface area contributed by atoms with Crippen molar-refractivity contribution in [3.8, 4) is 11.4 Å². The van der Waals surface area contributed by atoms with Crippen LogP contribution in [0.2, 0.25) is 0 Å². The quantitative estimate of drug-likeness (QED) is 0.299. The van der Waals surface area contributed by atoms with Gasteiger partial charge in [0.15, 0.2) is 6.61 Å². The summed E-state index contributed by atoms with van der Waals surface area (Å²) < 4.78 is 7.73. The van der Waals surface area contributed by atoms with Gasteiger partial charge in [-0.2, -0.15) is 5.10 Å². The second kappa shape index (κ2) is 8.78. The monoisotopic (exact) mass is 419 g/mol. The van der Waals surface area contributed by atoms with Gasteiger partial charge < -0.3 is 9.30 Å². The summed E-state index contributed by atoms with van der Waals surface area (Å²) in [6, 6.07) is 32.1. The number of hydrogen-bond acceptors (Lipinski definition) is 3. The van der Waals surface area contributed by atoms with Gasteiger partial charge in [-0.25, -0.2) is 5.43 Å². The van der Waals surface area contributed by atoms with Gasteiger partial charge in [0.2, 0.25) is 0 Å². The van der Waals surface area contributed by atoms with Gasteiger partial charge in [0.25, 0.3) is 5.91 Å². The number of hydrazone groups is 1. The molecule has 0 aliphatic rings. The molecule has 0 unspecified atom stereocenters. The van der Waals surface area contributed by atoms with Gasteiger partial charge in [0, 0.05) is 17.3 Å². The molecule has 0 aliphatic heterocycles. The van der Waals surface area contributed by atoms with Crippen molar-refractivity contribution in [1.29, 1.82) is 0 Å². The standard InChI is InChI=1S/C27H21N3O2/c31-27(19-32-26-13-5-10-21-8-3-4-12-25(21)26)29-28-18-24-11-6-16-30(24)23-15-14-20-7-1-2-9-22(20)17-23/h1-18H,19H2,(H,29,31)/b28-18-. The van der Waals surface area contributed by atoms with Crippen molar-refractivity contribution >= 4 is 33.7 Å². The highest BCUT2D eigenvalue weighted by atomic mass is 16.5. The number of amides is 1. The lowest BCUT2D eigenvalue weighted by atomic mass is 10.1. The van der Waals surface area contributed by atoms with Gasteiger partial charge >= 0.3 is 0 Å². The molecule has 0 aliphatic carbocycles. The molecule has 0 radical (unpaired) electrons. The Balaban J connectivity index is 1.24. The van der Waals surface area contributed by atoms with Crippen LogP contribution in [0.4, 0.5) is 0 Å². The Labute approximate surface area is 185 Å². The summed E-state index contributed by atoms with van der Waals surface area (Å²) in [5.41, 5.74) is 4.43. The predicted molar refractivity (Wildman–Crippen MR) is 128 cm³/mol. The molecule has 32 heavy (non-hydrogen) atoms. The van der Waals surface area contributed by atoms with E-state index < -0.39 is 0 Å². The molecule has 0 spiro atoms. The van der Waals surface area contributed by atoms with Crippen LogP contribution in [0.25, 0.3) is 27.2 Å². The predicted octanol–water partition coefficient (Wildman–Crippen LogP) is 5.31. The van der Waals surface area contributed by atoms with Crippen molar-refractivity contribution in [3.63, 3.8) is 0 Å². The van der Waals surface area contributed by atoms with E-state index in [-0.39, 0.29) is 12.5 Å². The molecule has 1 amide bonds. The van der Waals surface area contributed by atoms with Crippen molar-refractivity contribution in [2.45, 2.75) is 0 Å².